The van der Waals surface area contributed by atoms with Crippen molar-refractivity contribution in [2.24, 2.45) is 0 Å². The molecule has 0 aliphatic rings. The van der Waals surface area contributed by atoms with Gasteiger partial charge >= 0.3 is 0 Å². The molecule has 1 nitrogen and oxygen atoms in total. The van der Waals surface area contributed by atoms with E-state index in [4.69, 9.17) is 23.2 Å². The molecule has 2 aromatic carbocycles. The topological polar surface area (TPSA) is 4.44 Å². The van der Waals surface area contributed by atoms with Gasteiger partial charge in [0, 0.05) is 5.56 Å². The van der Waals surface area contributed by atoms with Crippen LogP contribution in [0.2, 0.25) is 0 Å². The summed E-state index contributed by atoms with van der Waals surface area (Å²) in [6.07, 6.45) is 0. The Hall–Kier alpha value is -0.470. The van der Waals surface area contributed by atoms with Gasteiger partial charge in [-0.2, -0.15) is 0 Å². The van der Waals surface area contributed by atoms with Crippen molar-refractivity contribution in [2.45, 2.75) is 6.54 Å². The number of alkyl halides is 2. The Morgan fingerprint density at radius 3 is 2.16 bits per heavy atom. The number of nitrogens with one attached hydrogen (secondary N) is 1. The lowest BCUT2D eigenvalue weighted by atomic mass is 10.0. The lowest BCUT2D eigenvalue weighted by Crippen LogP contribution is -3.11. The van der Waals surface area contributed by atoms with E-state index in [1.807, 2.05) is 0 Å². The van der Waals surface area contributed by atoms with E-state index in [-0.39, 0.29) is 12.4 Å². The van der Waals surface area contributed by atoms with E-state index in [9.17, 15) is 0 Å². The molecule has 0 fully saturated rings. The maximum absolute atomic E-state index is 5.85. The summed E-state index contributed by atoms with van der Waals surface area (Å²) in [7, 11) is 0. The first kappa shape index (κ1) is 16.6. The number of hydrogen-bond donors (Lipinski definition) is 1. The molecular formula is C15H18Cl3N. The number of halogens is 3. The highest BCUT2D eigenvalue weighted by Crippen LogP contribution is 2.17. The predicted octanol–water partition coefficient (Wildman–Crippen LogP) is -0.294. The minimum absolute atomic E-state index is 0. The summed E-state index contributed by atoms with van der Waals surface area (Å²) in [4.78, 5) is 1.44. The van der Waals surface area contributed by atoms with Crippen molar-refractivity contribution in [1.82, 2.24) is 0 Å². The number of rotatable bonds is 6. The van der Waals surface area contributed by atoms with Crippen LogP contribution in [-0.4, -0.2) is 24.8 Å². The third kappa shape index (κ3) is 4.54. The highest BCUT2D eigenvalue weighted by Gasteiger charge is 2.10. The highest BCUT2D eigenvalue weighted by molar-refractivity contribution is 6.18. The van der Waals surface area contributed by atoms with Gasteiger partial charge in [-0.3, -0.25) is 0 Å². The van der Waals surface area contributed by atoms with E-state index >= 15 is 0 Å². The minimum atomic E-state index is 0. The first-order chi connectivity index (χ1) is 8.85. The summed E-state index contributed by atoms with van der Waals surface area (Å²) in [5.41, 5.74) is 1.37. The second-order valence-electron chi connectivity index (χ2n) is 4.44. The summed E-state index contributed by atoms with van der Waals surface area (Å²) in [6, 6.07) is 15.0. The van der Waals surface area contributed by atoms with Gasteiger partial charge < -0.3 is 17.3 Å². The van der Waals surface area contributed by atoms with E-state index < -0.39 is 0 Å². The zero-order valence-electron chi connectivity index (χ0n) is 10.7. The molecule has 0 radical (unpaired) electrons. The summed E-state index contributed by atoms with van der Waals surface area (Å²) in [5.74, 6) is 1.36. The summed E-state index contributed by atoms with van der Waals surface area (Å²) >= 11 is 11.7. The van der Waals surface area contributed by atoms with Crippen LogP contribution >= 0.6 is 23.2 Å². The Morgan fingerprint density at radius 2 is 1.47 bits per heavy atom. The van der Waals surface area contributed by atoms with Crippen LogP contribution in [0.5, 0.6) is 0 Å². The van der Waals surface area contributed by atoms with E-state index in [0.717, 1.165) is 19.6 Å². The van der Waals surface area contributed by atoms with Crippen molar-refractivity contribution in [1.29, 1.82) is 0 Å². The maximum atomic E-state index is 5.85. The van der Waals surface area contributed by atoms with Crippen LogP contribution in [0, 0.1) is 0 Å². The van der Waals surface area contributed by atoms with E-state index in [2.05, 4.69) is 42.5 Å². The SMILES string of the molecule is ClCC[NH+](CCCl)Cc1cccc2ccccc12.[Cl-]. The number of quaternary nitrogens is 1. The van der Waals surface area contributed by atoms with Crippen LogP contribution in [0.15, 0.2) is 42.5 Å². The zero-order chi connectivity index (χ0) is 12.8. The monoisotopic (exact) mass is 317 g/mol. The van der Waals surface area contributed by atoms with Crippen LogP contribution in [0.25, 0.3) is 10.8 Å². The van der Waals surface area contributed by atoms with Crippen LogP contribution < -0.4 is 17.3 Å². The molecule has 0 saturated carbocycles. The molecule has 4 heteroatoms. The molecule has 0 unspecified atom stereocenters. The summed E-state index contributed by atoms with van der Waals surface area (Å²) < 4.78 is 0. The molecule has 19 heavy (non-hydrogen) atoms. The molecule has 0 bridgehead atoms. The molecule has 0 aromatic heterocycles. The van der Waals surface area contributed by atoms with E-state index in [0.29, 0.717) is 11.8 Å². The van der Waals surface area contributed by atoms with Crippen molar-refractivity contribution in [3.8, 4) is 0 Å². The van der Waals surface area contributed by atoms with Crippen LogP contribution in [-0.2, 0) is 6.54 Å². The average Bonchev–Trinajstić information content (AvgIpc) is 2.40. The van der Waals surface area contributed by atoms with Gasteiger partial charge in [0.05, 0.1) is 24.8 Å². The smallest absolute Gasteiger partial charge is 0.103 e. The molecule has 0 aliphatic carbocycles. The number of fused-ring (bicyclic) bond motifs is 1. The van der Waals surface area contributed by atoms with Gasteiger partial charge in [-0.15, -0.1) is 23.2 Å². The Kier molecular flexibility index (Phi) is 7.55. The third-order valence-electron chi connectivity index (χ3n) is 3.22. The van der Waals surface area contributed by atoms with Crippen molar-refractivity contribution >= 4 is 34.0 Å². The first-order valence-electron chi connectivity index (χ1n) is 6.27. The van der Waals surface area contributed by atoms with Crippen molar-refractivity contribution in [3.05, 3.63) is 48.0 Å². The number of benzene rings is 2. The number of hydrogen-bond acceptors (Lipinski definition) is 0. The van der Waals surface area contributed by atoms with Gasteiger partial charge in [0.25, 0.3) is 0 Å². The van der Waals surface area contributed by atoms with Gasteiger partial charge in [-0.1, -0.05) is 42.5 Å². The standard InChI is InChI=1S/C15H17Cl2N.ClH/c16-8-10-18(11-9-17)12-14-6-3-5-13-4-1-2-7-15(13)14;/h1-7H,8-12H2;1H. The molecule has 0 heterocycles. The Morgan fingerprint density at radius 1 is 0.842 bits per heavy atom. The molecule has 0 aliphatic heterocycles. The van der Waals surface area contributed by atoms with Crippen LogP contribution in [0.1, 0.15) is 5.56 Å². The summed E-state index contributed by atoms with van der Waals surface area (Å²) in [6.45, 7) is 2.90. The molecule has 0 saturated heterocycles. The second-order valence-corrected chi connectivity index (χ2v) is 5.20. The molecule has 0 amide bonds. The molecule has 104 valence electrons. The zero-order valence-corrected chi connectivity index (χ0v) is 13.0. The highest BCUT2D eigenvalue weighted by atomic mass is 35.5. The van der Waals surface area contributed by atoms with Crippen LogP contribution in [0.4, 0.5) is 0 Å². The van der Waals surface area contributed by atoms with Gasteiger partial charge in [-0.05, 0) is 10.8 Å². The average molecular weight is 319 g/mol. The van der Waals surface area contributed by atoms with Gasteiger partial charge in [0.1, 0.15) is 6.54 Å². The second kappa shape index (κ2) is 8.65. The Balaban J connectivity index is 0.00000180. The fourth-order valence-electron chi connectivity index (χ4n) is 2.29. The fraction of sp³-hybridized carbons (Fsp3) is 0.333. The molecule has 0 spiro atoms. The lowest BCUT2D eigenvalue weighted by Gasteiger charge is -2.18. The summed E-state index contributed by atoms with van der Waals surface area (Å²) in [5, 5.41) is 2.63. The quantitative estimate of drug-likeness (QED) is 0.698. The predicted molar refractivity (Wildman–Crippen MR) is 79.8 cm³/mol. The molecule has 2 aromatic rings. The van der Waals surface area contributed by atoms with Gasteiger partial charge in [0.2, 0.25) is 0 Å². The Labute approximate surface area is 130 Å². The molecular weight excluding hydrogens is 301 g/mol. The normalized spacial score (nSPS) is 10.7. The maximum Gasteiger partial charge on any atom is 0.103 e. The minimum Gasteiger partial charge on any atom is -1.00 e. The van der Waals surface area contributed by atoms with Crippen LogP contribution in [0.3, 0.4) is 0 Å². The third-order valence-corrected chi connectivity index (χ3v) is 3.59. The fourth-order valence-corrected chi connectivity index (χ4v) is 2.82. The van der Waals surface area contributed by atoms with Crippen molar-refractivity contribution in [3.63, 3.8) is 0 Å². The largest absolute Gasteiger partial charge is 1.00 e. The van der Waals surface area contributed by atoms with Crippen molar-refractivity contribution < 1.29 is 17.3 Å². The molecule has 0 atom stereocenters. The van der Waals surface area contributed by atoms with E-state index in [1.165, 1.54) is 21.2 Å². The molecule has 2 rings (SSSR count). The van der Waals surface area contributed by atoms with E-state index in [1.54, 1.807) is 0 Å². The van der Waals surface area contributed by atoms with Crippen molar-refractivity contribution in [2.75, 3.05) is 24.8 Å². The first-order valence-corrected chi connectivity index (χ1v) is 7.34. The van der Waals surface area contributed by atoms with Gasteiger partial charge in [-0.25, -0.2) is 0 Å². The molecule has 1 N–H and O–H groups in total. The van der Waals surface area contributed by atoms with Gasteiger partial charge in [0.15, 0.2) is 0 Å². The Bertz CT molecular complexity index is 490. The lowest BCUT2D eigenvalue weighted by molar-refractivity contribution is -0.909.